The van der Waals surface area contributed by atoms with Crippen molar-refractivity contribution in [1.82, 2.24) is 9.55 Å². The largest absolute Gasteiger partial charge is 0.433 e. The monoisotopic (exact) mass is 347 g/mol. The third-order valence-corrected chi connectivity index (χ3v) is 3.73. The van der Waals surface area contributed by atoms with E-state index in [-0.39, 0.29) is 22.3 Å². The summed E-state index contributed by atoms with van der Waals surface area (Å²) in [5.41, 5.74) is -1.77. The first-order chi connectivity index (χ1) is 11.9. The maximum atomic E-state index is 13.1. The molecule has 1 N–H and O–H groups in total. The molecule has 0 amide bonds. The third-order valence-electron chi connectivity index (χ3n) is 3.73. The van der Waals surface area contributed by atoms with Crippen LogP contribution in [0, 0.1) is 0 Å². The Morgan fingerprint density at radius 2 is 1.80 bits per heavy atom. The number of para-hydroxylation sites is 1. The average Bonchev–Trinajstić information content (AvgIpc) is 2.60. The van der Waals surface area contributed by atoms with Gasteiger partial charge in [-0.05, 0) is 24.3 Å². The number of aromatic nitrogens is 2. The number of fused-ring (bicyclic) bond motifs is 1. The second-order valence-corrected chi connectivity index (χ2v) is 5.20. The fraction of sp³-hybridized carbons (Fsp3) is 0.118. The Morgan fingerprint density at radius 3 is 2.36 bits per heavy atom. The predicted octanol–water partition coefficient (Wildman–Crippen LogP) is 3.26. The van der Waals surface area contributed by atoms with Crippen LogP contribution >= 0.6 is 0 Å². The summed E-state index contributed by atoms with van der Waals surface area (Å²) in [7, 11) is 1.48. The zero-order valence-corrected chi connectivity index (χ0v) is 13.0. The molecule has 0 unspecified atom stereocenters. The highest BCUT2D eigenvalue weighted by atomic mass is 19.4. The van der Waals surface area contributed by atoms with Gasteiger partial charge in [0.25, 0.3) is 5.56 Å². The number of benzene rings is 1. The van der Waals surface area contributed by atoms with E-state index in [4.69, 9.17) is 0 Å². The van der Waals surface area contributed by atoms with E-state index in [2.05, 4.69) is 10.3 Å². The van der Waals surface area contributed by atoms with Crippen molar-refractivity contribution in [2.24, 2.45) is 0 Å². The SMILES string of the molecule is CNc1c(C=O)c(=O)n(-c2ccccc2)c2nc(C(F)(F)F)ccc12. The van der Waals surface area contributed by atoms with Gasteiger partial charge in [0.2, 0.25) is 0 Å². The lowest BCUT2D eigenvalue weighted by molar-refractivity contribution is -0.141. The van der Waals surface area contributed by atoms with Gasteiger partial charge >= 0.3 is 6.18 Å². The van der Waals surface area contributed by atoms with Crippen LogP contribution in [0.3, 0.4) is 0 Å². The molecule has 128 valence electrons. The highest BCUT2D eigenvalue weighted by Crippen LogP contribution is 2.31. The molecule has 0 atom stereocenters. The molecule has 3 aromatic rings. The fourth-order valence-electron chi connectivity index (χ4n) is 2.64. The molecule has 3 rings (SSSR count). The number of rotatable bonds is 3. The quantitative estimate of drug-likeness (QED) is 0.739. The van der Waals surface area contributed by atoms with Crippen LogP contribution in [0.15, 0.2) is 47.3 Å². The number of pyridine rings is 2. The van der Waals surface area contributed by atoms with Gasteiger partial charge in [0.05, 0.1) is 11.4 Å². The summed E-state index contributed by atoms with van der Waals surface area (Å²) in [5, 5.41) is 2.94. The van der Waals surface area contributed by atoms with Crippen molar-refractivity contribution in [2.45, 2.75) is 6.18 Å². The van der Waals surface area contributed by atoms with E-state index in [1.807, 2.05) is 0 Å². The first-order valence-corrected chi connectivity index (χ1v) is 7.23. The number of halogens is 3. The summed E-state index contributed by atoms with van der Waals surface area (Å²) in [6, 6.07) is 10.1. The molecule has 0 saturated heterocycles. The van der Waals surface area contributed by atoms with Gasteiger partial charge in [-0.3, -0.25) is 14.2 Å². The average molecular weight is 347 g/mol. The van der Waals surface area contributed by atoms with Gasteiger partial charge in [-0.2, -0.15) is 13.2 Å². The molecule has 0 bridgehead atoms. The van der Waals surface area contributed by atoms with E-state index in [9.17, 15) is 22.8 Å². The zero-order valence-electron chi connectivity index (χ0n) is 13.0. The van der Waals surface area contributed by atoms with Gasteiger partial charge in [0, 0.05) is 12.4 Å². The Balaban J connectivity index is 2.53. The zero-order chi connectivity index (χ0) is 18.2. The van der Waals surface area contributed by atoms with Gasteiger partial charge < -0.3 is 5.32 Å². The van der Waals surface area contributed by atoms with Gasteiger partial charge in [-0.25, -0.2) is 4.98 Å². The summed E-state index contributed by atoms with van der Waals surface area (Å²) in [5.74, 6) is 0. The maximum Gasteiger partial charge on any atom is 0.433 e. The van der Waals surface area contributed by atoms with E-state index >= 15 is 0 Å². The lowest BCUT2D eigenvalue weighted by atomic mass is 10.1. The van der Waals surface area contributed by atoms with E-state index in [0.717, 1.165) is 10.6 Å². The number of nitrogens with zero attached hydrogens (tertiary/aromatic N) is 2. The number of aldehydes is 1. The van der Waals surface area contributed by atoms with Crippen LogP contribution in [0.4, 0.5) is 18.9 Å². The Kier molecular flexibility index (Phi) is 4.03. The van der Waals surface area contributed by atoms with Gasteiger partial charge in [0.15, 0.2) is 6.29 Å². The van der Waals surface area contributed by atoms with Crippen molar-refractivity contribution in [3.05, 3.63) is 64.1 Å². The lowest BCUT2D eigenvalue weighted by Crippen LogP contribution is -2.25. The fourth-order valence-corrected chi connectivity index (χ4v) is 2.64. The van der Waals surface area contributed by atoms with E-state index in [0.29, 0.717) is 12.0 Å². The number of carbonyl (C=O) groups excluding carboxylic acids is 1. The van der Waals surface area contributed by atoms with Crippen LogP contribution in [-0.2, 0) is 6.18 Å². The molecule has 2 heterocycles. The maximum absolute atomic E-state index is 13.1. The molecule has 1 aromatic carbocycles. The van der Waals surface area contributed by atoms with Crippen molar-refractivity contribution in [3.8, 4) is 5.69 Å². The van der Waals surface area contributed by atoms with Gasteiger partial charge in [0.1, 0.15) is 16.9 Å². The summed E-state index contributed by atoms with van der Waals surface area (Å²) < 4.78 is 40.2. The molecule has 8 heteroatoms. The molecule has 5 nitrogen and oxygen atoms in total. The van der Waals surface area contributed by atoms with Crippen molar-refractivity contribution in [3.63, 3.8) is 0 Å². The van der Waals surface area contributed by atoms with E-state index in [1.54, 1.807) is 30.3 Å². The van der Waals surface area contributed by atoms with Crippen LogP contribution in [0.2, 0.25) is 0 Å². The van der Waals surface area contributed by atoms with Gasteiger partial charge in [-0.15, -0.1) is 0 Å². The van der Waals surface area contributed by atoms with E-state index in [1.165, 1.54) is 13.1 Å². The van der Waals surface area contributed by atoms with Crippen molar-refractivity contribution < 1.29 is 18.0 Å². The summed E-state index contributed by atoms with van der Waals surface area (Å²) in [6.45, 7) is 0. The Hall–Kier alpha value is -3.16. The standard InChI is InChI=1S/C17H12F3N3O2/c1-21-14-11-7-8-13(17(18,19)20)22-15(11)23(16(25)12(14)9-24)10-5-3-2-4-6-10/h2-9,21H,1H3. The second-order valence-electron chi connectivity index (χ2n) is 5.20. The molecule has 0 saturated carbocycles. The van der Waals surface area contributed by atoms with Crippen LogP contribution in [0.5, 0.6) is 0 Å². The number of hydrogen-bond acceptors (Lipinski definition) is 4. The highest BCUT2D eigenvalue weighted by molar-refractivity contribution is 5.99. The number of nitrogens with one attached hydrogen (secondary N) is 1. The van der Waals surface area contributed by atoms with Crippen LogP contribution in [0.25, 0.3) is 16.7 Å². The Morgan fingerprint density at radius 1 is 1.12 bits per heavy atom. The molecule has 0 spiro atoms. The molecule has 25 heavy (non-hydrogen) atoms. The number of carbonyl (C=O) groups is 1. The second kappa shape index (κ2) is 6.04. The van der Waals surface area contributed by atoms with Crippen molar-refractivity contribution >= 4 is 23.0 Å². The normalized spacial score (nSPS) is 11.5. The first-order valence-electron chi connectivity index (χ1n) is 7.23. The minimum atomic E-state index is -4.66. The topological polar surface area (TPSA) is 64.0 Å². The summed E-state index contributed by atoms with van der Waals surface area (Å²) in [6.07, 6.45) is -4.28. The lowest BCUT2D eigenvalue weighted by Gasteiger charge is -2.16. The summed E-state index contributed by atoms with van der Waals surface area (Å²) >= 11 is 0. The smallest absolute Gasteiger partial charge is 0.387 e. The van der Waals surface area contributed by atoms with Gasteiger partial charge in [-0.1, -0.05) is 18.2 Å². The number of alkyl halides is 3. The Bertz CT molecular complexity index is 1010. The van der Waals surface area contributed by atoms with Crippen molar-refractivity contribution in [1.29, 1.82) is 0 Å². The molecule has 2 aromatic heterocycles. The number of hydrogen-bond donors (Lipinski definition) is 1. The van der Waals surface area contributed by atoms with Crippen LogP contribution in [-0.4, -0.2) is 22.9 Å². The van der Waals surface area contributed by atoms with Crippen LogP contribution < -0.4 is 10.9 Å². The minimum absolute atomic E-state index is 0.142. The first kappa shape index (κ1) is 16.7. The Labute approximate surface area is 139 Å². The molecule has 0 aliphatic rings. The molecular weight excluding hydrogens is 335 g/mol. The predicted molar refractivity (Wildman–Crippen MR) is 87.3 cm³/mol. The molecular formula is C17H12F3N3O2. The van der Waals surface area contributed by atoms with Crippen LogP contribution in [0.1, 0.15) is 16.1 Å². The molecule has 0 radical (unpaired) electrons. The molecule has 0 aliphatic carbocycles. The minimum Gasteiger partial charge on any atom is -0.387 e. The third kappa shape index (κ3) is 2.75. The summed E-state index contributed by atoms with van der Waals surface area (Å²) in [4.78, 5) is 27.8. The molecule has 0 aliphatic heterocycles. The van der Waals surface area contributed by atoms with E-state index < -0.39 is 17.4 Å². The number of anilines is 1. The highest BCUT2D eigenvalue weighted by Gasteiger charge is 2.33. The van der Waals surface area contributed by atoms with Crippen molar-refractivity contribution in [2.75, 3.05) is 12.4 Å². The molecule has 0 fully saturated rings.